The second-order valence-corrected chi connectivity index (χ2v) is 4.42. The van der Waals surface area contributed by atoms with Crippen LogP contribution in [0.15, 0.2) is 18.2 Å². The second kappa shape index (κ2) is 5.47. The number of piperazine rings is 1. The molecular formula is C13H19FN2O. The predicted molar refractivity (Wildman–Crippen MR) is 65.5 cm³/mol. The minimum atomic E-state index is -0.531. The molecule has 0 spiro atoms. The van der Waals surface area contributed by atoms with E-state index in [1.165, 1.54) is 12.1 Å². The molecule has 1 heterocycles. The predicted octanol–water partition coefficient (Wildman–Crippen LogP) is 1.89. The van der Waals surface area contributed by atoms with E-state index >= 15 is 0 Å². The molecule has 1 aliphatic heterocycles. The zero-order chi connectivity index (χ0) is 12.3. The van der Waals surface area contributed by atoms with Crippen molar-refractivity contribution < 1.29 is 9.50 Å². The molecule has 0 unspecified atom stereocenters. The van der Waals surface area contributed by atoms with Crippen molar-refractivity contribution in [3.05, 3.63) is 29.6 Å². The lowest BCUT2D eigenvalue weighted by Crippen LogP contribution is -2.45. The first-order chi connectivity index (χ1) is 8.22. The van der Waals surface area contributed by atoms with E-state index in [-0.39, 0.29) is 11.8 Å². The Morgan fingerprint density at radius 2 is 2.12 bits per heavy atom. The van der Waals surface area contributed by atoms with E-state index in [1.54, 1.807) is 0 Å². The molecule has 1 aromatic rings. The average Bonchev–Trinajstić information content (AvgIpc) is 2.36. The number of aromatic hydroxyl groups is 1. The average molecular weight is 238 g/mol. The van der Waals surface area contributed by atoms with E-state index in [9.17, 15) is 9.50 Å². The Bertz CT molecular complexity index is 378. The fourth-order valence-electron chi connectivity index (χ4n) is 2.43. The minimum Gasteiger partial charge on any atom is -0.505 e. The minimum absolute atomic E-state index is 0.243. The molecule has 0 bridgehead atoms. The standard InChI is InChI=1S/C13H19FN2O/c1-2-12(16-7-5-15-6-8-16)10-3-4-13(17)11(14)9-10/h3-4,9,12,15,17H,2,5-8H2,1H3/t12-/m0/s1. The molecule has 0 saturated carbocycles. The highest BCUT2D eigenvalue weighted by molar-refractivity contribution is 5.30. The quantitative estimate of drug-likeness (QED) is 0.844. The van der Waals surface area contributed by atoms with Crippen molar-refractivity contribution in [2.24, 2.45) is 0 Å². The smallest absolute Gasteiger partial charge is 0.165 e. The van der Waals surface area contributed by atoms with E-state index in [0.717, 1.165) is 38.2 Å². The largest absolute Gasteiger partial charge is 0.505 e. The van der Waals surface area contributed by atoms with E-state index in [2.05, 4.69) is 17.1 Å². The van der Waals surface area contributed by atoms with Crippen LogP contribution in [0.5, 0.6) is 5.75 Å². The summed E-state index contributed by atoms with van der Waals surface area (Å²) in [7, 11) is 0. The second-order valence-electron chi connectivity index (χ2n) is 4.42. The number of phenolic OH excluding ortho intramolecular Hbond substituents is 1. The van der Waals surface area contributed by atoms with E-state index in [0.29, 0.717) is 0 Å². The van der Waals surface area contributed by atoms with Gasteiger partial charge in [0.1, 0.15) is 0 Å². The summed E-state index contributed by atoms with van der Waals surface area (Å²) in [5.74, 6) is -0.806. The number of hydrogen-bond donors (Lipinski definition) is 2. The zero-order valence-corrected chi connectivity index (χ0v) is 10.1. The molecule has 1 aliphatic rings. The summed E-state index contributed by atoms with van der Waals surface area (Å²) >= 11 is 0. The van der Waals surface area contributed by atoms with Crippen LogP contribution in [0.1, 0.15) is 24.9 Å². The van der Waals surface area contributed by atoms with Gasteiger partial charge in [-0.2, -0.15) is 0 Å². The van der Waals surface area contributed by atoms with Crippen LogP contribution >= 0.6 is 0 Å². The first-order valence-corrected chi connectivity index (χ1v) is 6.15. The molecule has 1 aromatic carbocycles. The Morgan fingerprint density at radius 3 is 2.71 bits per heavy atom. The van der Waals surface area contributed by atoms with Crippen molar-refractivity contribution in [3.63, 3.8) is 0 Å². The summed E-state index contributed by atoms with van der Waals surface area (Å²) in [5, 5.41) is 12.5. The molecule has 0 amide bonds. The number of hydrogen-bond acceptors (Lipinski definition) is 3. The molecule has 1 fully saturated rings. The van der Waals surface area contributed by atoms with Gasteiger partial charge in [-0.1, -0.05) is 13.0 Å². The summed E-state index contributed by atoms with van der Waals surface area (Å²) in [6.45, 7) is 6.05. The molecule has 0 aliphatic carbocycles. The molecule has 17 heavy (non-hydrogen) atoms. The SMILES string of the molecule is CC[C@@H](c1ccc(O)c(F)c1)N1CCNCC1. The fraction of sp³-hybridized carbons (Fsp3) is 0.538. The maximum Gasteiger partial charge on any atom is 0.165 e. The van der Waals surface area contributed by atoms with Crippen molar-refractivity contribution in [1.29, 1.82) is 0 Å². The fourth-order valence-corrected chi connectivity index (χ4v) is 2.43. The van der Waals surface area contributed by atoms with E-state index < -0.39 is 5.82 Å². The molecule has 94 valence electrons. The van der Waals surface area contributed by atoms with Crippen LogP contribution in [0.4, 0.5) is 4.39 Å². The van der Waals surface area contributed by atoms with Gasteiger partial charge in [0.2, 0.25) is 0 Å². The highest BCUT2D eigenvalue weighted by Crippen LogP contribution is 2.27. The third-order valence-corrected chi connectivity index (χ3v) is 3.34. The molecule has 3 nitrogen and oxygen atoms in total. The highest BCUT2D eigenvalue weighted by Gasteiger charge is 2.21. The van der Waals surface area contributed by atoms with Crippen LogP contribution in [0.3, 0.4) is 0 Å². The lowest BCUT2D eigenvalue weighted by molar-refractivity contribution is 0.169. The van der Waals surface area contributed by atoms with Gasteiger partial charge >= 0.3 is 0 Å². The molecule has 1 saturated heterocycles. The zero-order valence-electron chi connectivity index (χ0n) is 10.1. The summed E-state index contributed by atoms with van der Waals surface area (Å²) in [4.78, 5) is 2.36. The summed E-state index contributed by atoms with van der Waals surface area (Å²) in [6, 6.07) is 4.95. The monoisotopic (exact) mass is 238 g/mol. The Balaban J connectivity index is 2.18. The van der Waals surface area contributed by atoms with Gasteiger partial charge in [-0.25, -0.2) is 4.39 Å². The van der Waals surface area contributed by atoms with Crippen molar-refractivity contribution in [2.75, 3.05) is 26.2 Å². The molecular weight excluding hydrogens is 219 g/mol. The molecule has 4 heteroatoms. The first-order valence-electron chi connectivity index (χ1n) is 6.15. The molecule has 0 radical (unpaired) electrons. The van der Waals surface area contributed by atoms with Crippen molar-refractivity contribution in [1.82, 2.24) is 10.2 Å². The lowest BCUT2D eigenvalue weighted by atomic mass is 10.0. The first kappa shape index (κ1) is 12.3. The molecule has 2 rings (SSSR count). The van der Waals surface area contributed by atoms with Gasteiger partial charge in [0.15, 0.2) is 11.6 Å². The number of phenols is 1. The Kier molecular flexibility index (Phi) is 3.97. The normalized spacial score (nSPS) is 19.2. The van der Waals surface area contributed by atoms with Gasteiger partial charge in [-0.3, -0.25) is 4.90 Å². The van der Waals surface area contributed by atoms with Crippen molar-refractivity contribution in [3.8, 4) is 5.75 Å². The molecule has 1 atom stereocenters. The van der Waals surface area contributed by atoms with Gasteiger partial charge in [-0.15, -0.1) is 0 Å². The van der Waals surface area contributed by atoms with Crippen molar-refractivity contribution in [2.45, 2.75) is 19.4 Å². The van der Waals surface area contributed by atoms with Crippen LogP contribution in [0, 0.1) is 5.82 Å². The molecule has 0 aromatic heterocycles. The van der Waals surface area contributed by atoms with Crippen LogP contribution < -0.4 is 5.32 Å². The lowest BCUT2D eigenvalue weighted by Gasteiger charge is -2.34. The maximum atomic E-state index is 13.4. The van der Waals surface area contributed by atoms with Crippen LogP contribution in [0.2, 0.25) is 0 Å². The van der Waals surface area contributed by atoms with Gasteiger partial charge < -0.3 is 10.4 Å². The highest BCUT2D eigenvalue weighted by atomic mass is 19.1. The Hall–Kier alpha value is -1.13. The summed E-state index contributed by atoms with van der Waals surface area (Å²) < 4.78 is 13.4. The van der Waals surface area contributed by atoms with E-state index in [4.69, 9.17) is 0 Å². The van der Waals surface area contributed by atoms with E-state index in [1.807, 2.05) is 6.07 Å². The topological polar surface area (TPSA) is 35.5 Å². The van der Waals surface area contributed by atoms with Gasteiger partial charge in [-0.05, 0) is 24.1 Å². The number of benzene rings is 1. The third kappa shape index (κ3) is 2.76. The Morgan fingerprint density at radius 1 is 1.41 bits per heavy atom. The maximum absolute atomic E-state index is 13.4. The Labute approximate surface area is 101 Å². The third-order valence-electron chi connectivity index (χ3n) is 3.34. The van der Waals surface area contributed by atoms with Crippen LogP contribution in [-0.2, 0) is 0 Å². The number of rotatable bonds is 3. The molecule has 2 N–H and O–H groups in total. The van der Waals surface area contributed by atoms with Crippen LogP contribution in [-0.4, -0.2) is 36.2 Å². The summed E-state index contributed by atoms with van der Waals surface area (Å²) in [5.41, 5.74) is 0.949. The van der Waals surface area contributed by atoms with Gasteiger partial charge in [0, 0.05) is 32.2 Å². The van der Waals surface area contributed by atoms with Gasteiger partial charge in [0.25, 0.3) is 0 Å². The van der Waals surface area contributed by atoms with Gasteiger partial charge in [0.05, 0.1) is 0 Å². The number of nitrogens with one attached hydrogen (secondary N) is 1. The number of halogens is 1. The van der Waals surface area contributed by atoms with Crippen molar-refractivity contribution >= 4 is 0 Å². The summed E-state index contributed by atoms with van der Waals surface area (Å²) in [6.07, 6.45) is 0.949. The number of nitrogens with zero attached hydrogens (tertiary/aromatic N) is 1. The van der Waals surface area contributed by atoms with Crippen LogP contribution in [0.25, 0.3) is 0 Å².